The second-order valence-corrected chi connectivity index (χ2v) is 4.17. The highest BCUT2D eigenvalue weighted by Crippen LogP contribution is 2.10. The lowest BCUT2D eigenvalue weighted by atomic mass is 10.3. The Morgan fingerprint density at radius 3 is 2.53 bits per heavy atom. The zero-order valence-corrected chi connectivity index (χ0v) is 10.9. The van der Waals surface area contributed by atoms with E-state index in [1.807, 2.05) is 6.26 Å². The summed E-state index contributed by atoms with van der Waals surface area (Å²) < 4.78 is 15.6. The summed E-state index contributed by atoms with van der Waals surface area (Å²) >= 11 is 1.38. The van der Waals surface area contributed by atoms with Crippen molar-refractivity contribution in [1.82, 2.24) is 9.97 Å². The predicted molar refractivity (Wildman–Crippen MR) is 73.5 cm³/mol. The maximum atomic E-state index is 12.7. The van der Waals surface area contributed by atoms with Crippen LogP contribution >= 0.6 is 11.9 Å². The first-order valence-electron chi connectivity index (χ1n) is 5.37. The molecular weight excluding hydrogens is 267 g/mol. The van der Waals surface area contributed by atoms with E-state index in [-0.39, 0.29) is 11.5 Å². The van der Waals surface area contributed by atoms with E-state index in [0.717, 1.165) is 0 Å². The van der Waals surface area contributed by atoms with Gasteiger partial charge in [0.25, 0.3) is 5.91 Å². The highest BCUT2D eigenvalue weighted by atomic mass is 32.2. The van der Waals surface area contributed by atoms with Crippen LogP contribution in [-0.2, 0) is 0 Å². The van der Waals surface area contributed by atoms with Crippen molar-refractivity contribution in [1.29, 1.82) is 0 Å². The first-order valence-corrected chi connectivity index (χ1v) is 6.59. The fourth-order valence-corrected chi connectivity index (χ4v) is 1.65. The van der Waals surface area contributed by atoms with Gasteiger partial charge in [-0.25, -0.2) is 14.4 Å². The average Bonchev–Trinajstić information content (AvgIpc) is 2.42. The van der Waals surface area contributed by atoms with Gasteiger partial charge in [-0.2, -0.15) is 0 Å². The summed E-state index contributed by atoms with van der Waals surface area (Å²) in [7, 11) is 0. The molecular formula is C12H11FN4OS. The van der Waals surface area contributed by atoms with Crippen LogP contribution in [0.5, 0.6) is 0 Å². The van der Waals surface area contributed by atoms with Gasteiger partial charge in [-0.1, -0.05) is 11.9 Å². The van der Waals surface area contributed by atoms with Crippen LogP contribution in [0.25, 0.3) is 0 Å². The summed E-state index contributed by atoms with van der Waals surface area (Å²) in [5.74, 6) is -0.175. The maximum Gasteiger partial charge on any atom is 0.275 e. The number of hydrogen-bond acceptors (Lipinski definition) is 5. The minimum atomic E-state index is -0.394. The molecule has 0 aliphatic carbocycles. The van der Waals surface area contributed by atoms with Crippen LogP contribution in [-0.4, -0.2) is 22.1 Å². The van der Waals surface area contributed by atoms with Crippen molar-refractivity contribution in [2.75, 3.05) is 16.3 Å². The van der Waals surface area contributed by atoms with Crippen LogP contribution in [0.15, 0.2) is 36.7 Å². The van der Waals surface area contributed by atoms with Gasteiger partial charge in [0.15, 0.2) is 5.82 Å². The monoisotopic (exact) mass is 278 g/mol. The Balaban J connectivity index is 2.05. The molecule has 0 spiro atoms. The molecule has 0 fully saturated rings. The van der Waals surface area contributed by atoms with Crippen molar-refractivity contribution in [3.05, 3.63) is 48.2 Å². The normalized spacial score (nSPS) is 10.0. The minimum Gasteiger partial charge on any atom is -0.321 e. The van der Waals surface area contributed by atoms with Crippen LogP contribution in [0.4, 0.5) is 15.9 Å². The minimum absolute atomic E-state index is 0.191. The van der Waals surface area contributed by atoms with Crippen LogP contribution in [0, 0.1) is 5.82 Å². The van der Waals surface area contributed by atoms with Gasteiger partial charge in [-0.15, -0.1) is 0 Å². The summed E-state index contributed by atoms with van der Waals surface area (Å²) in [6.07, 6.45) is 4.70. The van der Waals surface area contributed by atoms with Gasteiger partial charge >= 0.3 is 0 Å². The molecule has 0 aliphatic rings. The molecule has 0 atom stereocenters. The fourth-order valence-electron chi connectivity index (χ4n) is 1.33. The molecule has 1 amide bonds. The second-order valence-electron chi connectivity index (χ2n) is 3.55. The summed E-state index contributed by atoms with van der Waals surface area (Å²) in [6, 6.07) is 5.49. The number of benzene rings is 1. The molecule has 1 aromatic heterocycles. The molecule has 98 valence electrons. The molecule has 0 unspecified atom stereocenters. The summed E-state index contributed by atoms with van der Waals surface area (Å²) in [4.78, 5) is 19.9. The molecule has 2 N–H and O–H groups in total. The van der Waals surface area contributed by atoms with Gasteiger partial charge < -0.3 is 10.0 Å². The van der Waals surface area contributed by atoms with E-state index in [1.54, 1.807) is 0 Å². The van der Waals surface area contributed by atoms with Crippen molar-refractivity contribution < 1.29 is 9.18 Å². The van der Waals surface area contributed by atoms with E-state index in [1.165, 1.54) is 48.6 Å². The molecule has 7 heteroatoms. The van der Waals surface area contributed by atoms with E-state index in [9.17, 15) is 9.18 Å². The van der Waals surface area contributed by atoms with E-state index in [0.29, 0.717) is 11.5 Å². The molecule has 5 nitrogen and oxygen atoms in total. The number of halogens is 1. The summed E-state index contributed by atoms with van der Waals surface area (Å²) in [5.41, 5.74) is 0.690. The number of aromatic nitrogens is 2. The third kappa shape index (κ3) is 3.65. The first kappa shape index (κ1) is 13.3. The zero-order chi connectivity index (χ0) is 13.7. The zero-order valence-electron chi connectivity index (χ0n) is 10.1. The molecule has 2 rings (SSSR count). The lowest BCUT2D eigenvalue weighted by Crippen LogP contribution is -2.14. The number of rotatable bonds is 4. The average molecular weight is 278 g/mol. The molecule has 0 saturated heterocycles. The van der Waals surface area contributed by atoms with Crippen LogP contribution in [0.3, 0.4) is 0 Å². The molecule has 19 heavy (non-hydrogen) atoms. The van der Waals surface area contributed by atoms with E-state index in [4.69, 9.17) is 0 Å². The number of carbonyl (C=O) groups is 1. The maximum absolute atomic E-state index is 12.7. The Hall–Kier alpha value is -2.15. The molecule has 0 bridgehead atoms. The summed E-state index contributed by atoms with van der Waals surface area (Å²) in [5, 5.41) is 2.60. The largest absolute Gasteiger partial charge is 0.321 e. The van der Waals surface area contributed by atoms with E-state index < -0.39 is 5.91 Å². The lowest BCUT2D eigenvalue weighted by molar-refractivity contribution is 0.102. The van der Waals surface area contributed by atoms with Crippen molar-refractivity contribution >= 4 is 29.4 Å². The smallest absolute Gasteiger partial charge is 0.275 e. The molecule has 0 radical (unpaired) electrons. The van der Waals surface area contributed by atoms with Crippen molar-refractivity contribution in [2.45, 2.75) is 0 Å². The van der Waals surface area contributed by atoms with Gasteiger partial charge in [0.1, 0.15) is 11.5 Å². The molecule has 0 aliphatic heterocycles. The fraction of sp³-hybridized carbons (Fsp3) is 0.0833. The Morgan fingerprint density at radius 2 is 1.95 bits per heavy atom. The van der Waals surface area contributed by atoms with Crippen molar-refractivity contribution in [3.8, 4) is 0 Å². The van der Waals surface area contributed by atoms with E-state index >= 15 is 0 Å². The number of hydrogen-bond donors (Lipinski definition) is 2. The predicted octanol–water partition coefficient (Wildman–Crippen LogP) is 2.56. The topological polar surface area (TPSA) is 66.9 Å². The highest BCUT2D eigenvalue weighted by molar-refractivity contribution is 7.99. The summed E-state index contributed by atoms with van der Waals surface area (Å²) in [6.45, 7) is 0. The van der Waals surface area contributed by atoms with Gasteiger partial charge in [-0.05, 0) is 24.3 Å². The Labute approximate surface area is 113 Å². The molecule has 0 saturated carbocycles. The number of anilines is 2. The van der Waals surface area contributed by atoms with Gasteiger partial charge in [0, 0.05) is 11.9 Å². The SMILES string of the molecule is CSNc1cnc(C(=O)Nc2ccc(F)cc2)cn1. The van der Waals surface area contributed by atoms with Gasteiger partial charge in [0.2, 0.25) is 0 Å². The van der Waals surface area contributed by atoms with Crippen molar-refractivity contribution in [2.24, 2.45) is 0 Å². The third-order valence-electron chi connectivity index (χ3n) is 2.19. The molecule has 2 aromatic rings. The van der Waals surface area contributed by atoms with E-state index in [2.05, 4.69) is 20.0 Å². The number of amides is 1. The Bertz CT molecular complexity index is 559. The van der Waals surface area contributed by atoms with Crippen LogP contribution in [0.1, 0.15) is 10.5 Å². The standard InChI is InChI=1S/C12H11FN4OS/c1-19-17-11-7-14-10(6-15-11)12(18)16-9-4-2-8(13)3-5-9/h2-7H,1H3,(H,15,17)(H,16,18). The second kappa shape index (κ2) is 6.14. The quantitative estimate of drug-likeness (QED) is 0.841. The lowest BCUT2D eigenvalue weighted by Gasteiger charge is -2.05. The first-order chi connectivity index (χ1) is 9.19. The Kier molecular flexibility index (Phi) is 4.30. The highest BCUT2D eigenvalue weighted by Gasteiger charge is 2.08. The number of nitrogens with one attached hydrogen (secondary N) is 2. The third-order valence-corrected chi connectivity index (χ3v) is 2.61. The van der Waals surface area contributed by atoms with Crippen molar-refractivity contribution in [3.63, 3.8) is 0 Å². The van der Waals surface area contributed by atoms with Gasteiger partial charge in [-0.3, -0.25) is 4.79 Å². The van der Waals surface area contributed by atoms with Crippen LogP contribution in [0.2, 0.25) is 0 Å². The number of nitrogens with zero attached hydrogens (tertiary/aromatic N) is 2. The molecule has 1 heterocycles. The van der Waals surface area contributed by atoms with Gasteiger partial charge in [0.05, 0.1) is 12.4 Å². The Morgan fingerprint density at radius 1 is 1.21 bits per heavy atom. The molecule has 1 aromatic carbocycles. The van der Waals surface area contributed by atoms with Crippen LogP contribution < -0.4 is 10.0 Å². The number of carbonyl (C=O) groups excluding carboxylic acids is 1.